The number of nitrogens with one attached hydrogen (secondary N) is 1. The molecule has 3 aromatic rings. The van der Waals surface area contributed by atoms with Crippen molar-refractivity contribution in [2.75, 3.05) is 13.2 Å². The Morgan fingerprint density at radius 3 is 2.73 bits per heavy atom. The number of nitrogens with zero attached hydrogens (tertiary/aromatic N) is 1. The van der Waals surface area contributed by atoms with Crippen molar-refractivity contribution in [3.05, 3.63) is 52.9 Å². The van der Waals surface area contributed by atoms with Gasteiger partial charge in [-0.3, -0.25) is 4.98 Å². The molecule has 5 nitrogen and oxygen atoms in total. The molecule has 0 fully saturated rings. The minimum atomic E-state index is 0.231. The molecule has 0 aliphatic heterocycles. The molecule has 3 rings (SSSR count). The predicted molar refractivity (Wildman–Crippen MR) is 105 cm³/mol. The van der Waals surface area contributed by atoms with E-state index in [-0.39, 0.29) is 5.78 Å². The first-order chi connectivity index (χ1) is 12.6. The molecule has 1 N–H and O–H groups in total. The largest absolute Gasteiger partial charge is 0.490 e. The summed E-state index contributed by atoms with van der Waals surface area (Å²) in [5, 5.41) is 1.14. The molecule has 0 unspecified atom stereocenters. The number of aryl methyl sites for hydroxylation is 1. The van der Waals surface area contributed by atoms with Gasteiger partial charge in [0.15, 0.2) is 0 Å². The molecule has 0 saturated heterocycles. The van der Waals surface area contributed by atoms with Gasteiger partial charge in [0.05, 0.1) is 6.20 Å². The molecule has 0 atom stereocenters. The maximum Gasteiger partial charge on any atom is 0.138 e. The summed E-state index contributed by atoms with van der Waals surface area (Å²) in [6, 6.07) is 7.86. The molecule has 0 radical (unpaired) electrons. The fraction of sp³-hybridized carbons (Fsp3) is 0.300. The zero-order valence-corrected chi connectivity index (χ0v) is 16.2. The molecule has 0 amide bonds. The van der Waals surface area contributed by atoms with E-state index in [1.165, 1.54) is 5.56 Å². The molecule has 2 aromatic heterocycles. The summed E-state index contributed by atoms with van der Waals surface area (Å²) >= 11 is 3.36. The van der Waals surface area contributed by atoms with Crippen molar-refractivity contribution in [3.63, 3.8) is 0 Å². The van der Waals surface area contributed by atoms with Crippen molar-refractivity contribution in [1.29, 1.82) is 0 Å². The number of fused-ring (bicyclic) bond motifs is 1. The molecule has 136 valence electrons. The van der Waals surface area contributed by atoms with E-state index in [1.807, 2.05) is 30.5 Å². The fourth-order valence-corrected chi connectivity index (χ4v) is 3.12. The van der Waals surface area contributed by atoms with E-state index in [0.717, 1.165) is 34.0 Å². The highest BCUT2D eigenvalue weighted by Crippen LogP contribution is 2.25. The van der Waals surface area contributed by atoms with Gasteiger partial charge in [-0.25, -0.2) is 0 Å². The van der Waals surface area contributed by atoms with Crippen LogP contribution in [0.3, 0.4) is 0 Å². The fourth-order valence-electron chi connectivity index (χ4n) is 2.77. The number of halogens is 1. The van der Waals surface area contributed by atoms with Gasteiger partial charge >= 0.3 is 0 Å². The van der Waals surface area contributed by atoms with Gasteiger partial charge in [-0.15, -0.1) is 0 Å². The molecule has 6 heteroatoms. The van der Waals surface area contributed by atoms with E-state index in [1.54, 1.807) is 19.3 Å². The van der Waals surface area contributed by atoms with Gasteiger partial charge in [0.2, 0.25) is 0 Å². The average Bonchev–Trinajstić information content (AvgIpc) is 3.01. The Balaban J connectivity index is 1.55. The standard InChI is InChI=1S/C20H21BrN2O3/c1-14(24)3-2-4-15-11-23-20-6-5-17(10-19(15)20)25-7-8-26-18-9-16(21)12-22-13-18/h5-6,9-13,23H,2-4,7-8H2,1H3. The number of carbonyl (C=O) groups excluding carboxylic acids is 1. The van der Waals surface area contributed by atoms with E-state index >= 15 is 0 Å². The quantitative estimate of drug-likeness (QED) is 0.513. The molecule has 0 aliphatic carbocycles. The number of rotatable bonds is 9. The molecule has 0 aliphatic rings. The second-order valence-corrected chi connectivity index (χ2v) is 7.03. The van der Waals surface area contributed by atoms with Crippen LogP contribution in [0.2, 0.25) is 0 Å². The number of H-pyrrole nitrogens is 1. The highest BCUT2D eigenvalue weighted by Gasteiger charge is 2.06. The molecule has 0 bridgehead atoms. The number of benzene rings is 1. The Labute approximate surface area is 160 Å². The average molecular weight is 417 g/mol. The van der Waals surface area contributed by atoms with Gasteiger partial charge in [0.25, 0.3) is 0 Å². The molecular formula is C20H21BrN2O3. The van der Waals surface area contributed by atoms with E-state index < -0.39 is 0 Å². The van der Waals surface area contributed by atoms with Crippen LogP contribution in [0.4, 0.5) is 0 Å². The SMILES string of the molecule is CC(=O)CCCc1c[nH]c2ccc(OCCOc3cncc(Br)c3)cc12. The van der Waals surface area contributed by atoms with Crippen molar-refractivity contribution < 1.29 is 14.3 Å². The highest BCUT2D eigenvalue weighted by atomic mass is 79.9. The van der Waals surface area contributed by atoms with Gasteiger partial charge in [-0.2, -0.15) is 0 Å². The normalized spacial score (nSPS) is 10.8. The second kappa shape index (κ2) is 8.85. The number of pyridine rings is 1. The van der Waals surface area contributed by atoms with Crippen LogP contribution in [0.25, 0.3) is 10.9 Å². The van der Waals surface area contributed by atoms with Crippen molar-refractivity contribution in [2.45, 2.75) is 26.2 Å². The van der Waals surface area contributed by atoms with Gasteiger partial charge in [0, 0.05) is 34.2 Å². The van der Waals surface area contributed by atoms with E-state index in [9.17, 15) is 4.79 Å². The van der Waals surface area contributed by atoms with Gasteiger partial charge in [-0.1, -0.05) is 0 Å². The molecule has 0 spiro atoms. The van der Waals surface area contributed by atoms with E-state index in [0.29, 0.717) is 25.4 Å². The first-order valence-corrected chi connectivity index (χ1v) is 9.37. The zero-order valence-electron chi connectivity index (χ0n) is 14.6. The van der Waals surface area contributed by atoms with Crippen LogP contribution in [0.1, 0.15) is 25.3 Å². The van der Waals surface area contributed by atoms with Crippen LogP contribution in [0.5, 0.6) is 11.5 Å². The predicted octanol–water partition coefficient (Wildman–Crippen LogP) is 4.69. The van der Waals surface area contributed by atoms with E-state index in [4.69, 9.17) is 9.47 Å². The summed E-state index contributed by atoms with van der Waals surface area (Å²) < 4.78 is 12.3. The first-order valence-electron chi connectivity index (χ1n) is 8.57. The molecule has 0 saturated carbocycles. The van der Waals surface area contributed by atoms with Crippen LogP contribution < -0.4 is 9.47 Å². The Hall–Kier alpha value is -2.34. The molecular weight excluding hydrogens is 396 g/mol. The Kier molecular flexibility index (Phi) is 6.28. The van der Waals surface area contributed by atoms with Crippen molar-refractivity contribution in [1.82, 2.24) is 9.97 Å². The minimum Gasteiger partial charge on any atom is -0.490 e. The number of carbonyl (C=O) groups is 1. The molecule has 26 heavy (non-hydrogen) atoms. The third-order valence-electron chi connectivity index (χ3n) is 4.01. The summed E-state index contributed by atoms with van der Waals surface area (Å²) in [4.78, 5) is 18.4. The minimum absolute atomic E-state index is 0.231. The third-order valence-corrected chi connectivity index (χ3v) is 4.45. The lowest BCUT2D eigenvalue weighted by atomic mass is 10.1. The van der Waals surface area contributed by atoms with Gasteiger partial charge < -0.3 is 19.3 Å². The second-order valence-electron chi connectivity index (χ2n) is 6.11. The van der Waals surface area contributed by atoms with Crippen LogP contribution in [-0.4, -0.2) is 29.0 Å². The summed E-state index contributed by atoms with van der Waals surface area (Å²) in [7, 11) is 0. The topological polar surface area (TPSA) is 64.2 Å². The van der Waals surface area contributed by atoms with Crippen molar-refractivity contribution in [2.24, 2.45) is 0 Å². The van der Waals surface area contributed by atoms with Gasteiger partial charge in [0.1, 0.15) is 30.5 Å². The lowest BCUT2D eigenvalue weighted by molar-refractivity contribution is -0.117. The number of hydrogen-bond donors (Lipinski definition) is 1. The number of ketones is 1. The first kappa shape index (κ1) is 18.5. The summed E-state index contributed by atoms with van der Waals surface area (Å²) in [6.45, 7) is 2.52. The van der Waals surface area contributed by atoms with Crippen molar-refractivity contribution >= 4 is 32.6 Å². The number of aromatic nitrogens is 2. The van der Waals surface area contributed by atoms with Crippen molar-refractivity contribution in [3.8, 4) is 11.5 Å². The summed E-state index contributed by atoms with van der Waals surface area (Å²) in [5.41, 5.74) is 2.29. The van der Waals surface area contributed by atoms with Crippen LogP contribution in [0.15, 0.2) is 47.3 Å². The Bertz CT molecular complexity index is 892. The monoisotopic (exact) mass is 416 g/mol. The lowest BCUT2D eigenvalue weighted by Gasteiger charge is -2.09. The summed E-state index contributed by atoms with van der Waals surface area (Å²) in [6.07, 6.45) is 7.75. The highest BCUT2D eigenvalue weighted by molar-refractivity contribution is 9.10. The van der Waals surface area contributed by atoms with Crippen LogP contribution >= 0.6 is 15.9 Å². The van der Waals surface area contributed by atoms with Gasteiger partial charge in [-0.05, 0) is 65.5 Å². The van der Waals surface area contributed by atoms with Crippen LogP contribution in [-0.2, 0) is 11.2 Å². The number of aromatic amines is 1. The maximum atomic E-state index is 11.1. The molecule has 1 aromatic carbocycles. The maximum absolute atomic E-state index is 11.1. The van der Waals surface area contributed by atoms with Crippen LogP contribution in [0, 0.1) is 0 Å². The van der Waals surface area contributed by atoms with E-state index in [2.05, 4.69) is 25.9 Å². The Morgan fingerprint density at radius 1 is 1.15 bits per heavy atom. The molecule has 2 heterocycles. The zero-order chi connectivity index (χ0) is 18.4. The smallest absolute Gasteiger partial charge is 0.138 e. The number of Topliss-reactive ketones (excluding diaryl/α,β-unsaturated/α-hetero) is 1. The lowest BCUT2D eigenvalue weighted by Crippen LogP contribution is -2.09. The third kappa shape index (κ3) is 5.08. The summed E-state index contributed by atoms with van der Waals surface area (Å²) in [5.74, 6) is 1.74. The Morgan fingerprint density at radius 2 is 1.96 bits per heavy atom. The number of hydrogen-bond acceptors (Lipinski definition) is 4. The number of ether oxygens (including phenoxy) is 2.